The highest BCUT2D eigenvalue weighted by atomic mass is 19.1. The number of halogens is 1. The van der Waals surface area contributed by atoms with E-state index in [1.807, 2.05) is 12.1 Å². The van der Waals surface area contributed by atoms with Crippen LogP contribution < -0.4 is 5.73 Å². The number of pyridine rings is 1. The zero-order chi connectivity index (χ0) is 16.7. The molecule has 0 saturated heterocycles. The van der Waals surface area contributed by atoms with E-state index in [-0.39, 0.29) is 5.92 Å². The number of fused-ring (bicyclic) bond motifs is 1. The van der Waals surface area contributed by atoms with Gasteiger partial charge in [0, 0.05) is 29.3 Å². The van der Waals surface area contributed by atoms with Gasteiger partial charge in [-0.2, -0.15) is 5.10 Å². The number of H-pyrrole nitrogens is 1. The van der Waals surface area contributed by atoms with Crippen molar-refractivity contribution in [1.29, 1.82) is 0 Å². The summed E-state index contributed by atoms with van der Waals surface area (Å²) >= 11 is 0. The highest BCUT2D eigenvalue weighted by molar-refractivity contribution is 5.90. The number of primary amides is 1. The van der Waals surface area contributed by atoms with Gasteiger partial charge in [0.25, 0.3) is 0 Å². The number of aromatic amines is 1. The molecule has 0 spiro atoms. The van der Waals surface area contributed by atoms with Gasteiger partial charge in [-0.3, -0.25) is 14.9 Å². The Morgan fingerprint density at radius 3 is 3.00 bits per heavy atom. The molecule has 1 aliphatic rings. The standard InChI is InChI=1S/C18H17FN4O/c19-15-8-16-12(10-22-23-16)7-14(15)18(17(20)24)5-1-4-13(18)11-3-2-6-21-9-11/h2-3,6-10,13H,1,4-5H2,(H2,20,24)(H,22,23). The summed E-state index contributed by atoms with van der Waals surface area (Å²) in [4.78, 5) is 16.7. The van der Waals surface area contributed by atoms with Crippen molar-refractivity contribution in [2.24, 2.45) is 5.73 Å². The minimum Gasteiger partial charge on any atom is -0.369 e. The Hall–Kier alpha value is -2.76. The summed E-state index contributed by atoms with van der Waals surface area (Å²) in [5.74, 6) is -1.10. The van der Waals surface area contributed by atoms with Crippen LogP contribution in [0.5, 0.6) is 0 Å². The van der Waals surface area contributed by atoms with Crippen LogP contribution in [-0.4, -0.2) is 21.1 Å². The Morgan fingerprint density at radius 2 is 2.25 bits per heavy atom. The van der Waals surface area contributed by atoms with Gasteiger partial charge in [-0.15, -0.1) is 0 Å². The molecule has 4 rings (SSSR count). The summed E-state index contributed by atoms with van der Waals surface area (Å²) < 4.78 is 14.9. The van der Waals surface area contributed by atoms with Crippen molar-refractivity contribution in [3.63, 3.8) is 0 Å². The van der Waals surface area contributed by atoms with Crippen LogP contribution in [0.25, 0.3) is 10.9 Å². The maximum absolute atomic E-state index is 14.9. The minimum absolute atomic E-state index is 0.178. The predicted octanol–water partition coefficient (Wildman–Crippen LogP) is 2.79. The van der Waals surface area contributed by atoms with E-state index in [1.54, 1.807) is 24.7 Å². The normalized spacial score (nSPS) is 23.6. The molecule has 2 unspecified atom stereocenters. The van der Waals surface area contributed by atoms with Crippen molar-refractivity contribution >= 4 is 16.8 Å². The van der Waals surface area contributed by atoms with Crippen molar-refractivity contribution in [1.82, 2.24) is 15.2 Å². The molecule has 1 aromatic carbocycles. The average molecular weight is 324 g/mol. The SMILES string of the molecule is NC(=O)C1(c2cc3cn[nH]c3cc2F)CCCC1c1cccnc1. The van der Waals surface area contributed by atoms with Gasteiger partial charge in [0.15, 0.2) is 0 Å². The lowest BCUT2D eigenvalue weighted by Gasteiger charge is -2.33. The Morgan fingerprint density at radius 1 is 1.38 bits per heavy atom. The van der Waals surface area contributed by atoms with Gasteiger partial charge in [-0.25, -0.2) is 4.39 Å². The first-order valence-electron chi connectivity index (χ1n) is 7.96. The van der Waals surface area contributed by atoms with Crippen LogP contribution in [0.1, 0.15) is 36.3 Å². The maximum Gasteiger partial charge on any atom is 0.228 e. The smallest absolute Gasteiger partial charge is 0.228 e. The first-order chi connectivity index (χ1) is 11.6. The number of hydrogen-bond donors (Lipinski definition) is 2. The molecule has 2 aromatic heterocycles. The fourth-order valence-corrected chi connectivity index (χ4v) is 4.10. The predicted molar refractivity (Wildman–Crippen MR) is 87.8 cm³/mol. The summed E-state index contributed by atoms with van der Waals surface area (Å²) in [6.45, 7) is 0. The monoisotopic (exact) mass is 324 g/mol. The van der Waals surface area contributed by atoms with E-state index in [9.17, 15) is 9.18 Å². The number of nitrogens with two attached hydrogens (primary N) is 1. The molecule has 3 N–H and O–H groups in total. The lowest BCUT2D eigenvalue weighted by atomic mass is 9.69. The van der Waals surface area contributed by atoms with Crippen molar-refractivity contribution in [3.8, 4) is 0 Å². The van der Waals surface area contributed by atoms with Crippen LogP contribution in [0.15, 0.2) is 42.9 Å². The Labute approximate surface area is 138 Å². The number of carbonyl (C=O) groups excluding carboxylic acids is 1. The van der Waals surface area contributed by atoms with Gasteiger partial charge < -0.3 is 5.73 Å². The quantitative estimate of drug-likeness (QED) is 0.777. The molecule has 1 saturated carbocycles. The van der Waals surface area contributed by atoms with Gasteiger partial charge in [-0.05, 0) is 36.6 Å². The van der Waals surface area contributed by atoms with E-state index in [1.165, 1.54) is 6.07 Å². The van der Waals surface area contributed by atoms with Gasteiger partial charge in [0.05, 0.1) is 17.1 Å². The summed E-state index contributed by atoms with van der Waals surface area (Å²) in [7, 11) is 0. The number of nitrogens with one attached hydrogen (secondary N) is 1. The van der Waals surface area contributed by atoms with E-state index in [4.69, 9.17) is 5.73 Å². The number of carbonyl (C=O) groups is 1. The molecule has 122 valence electrons. The van der Waals surface area contributed by atoms with Crippen molar-refractivity contribution in [2.75, 3.05) is 0 Å². The summed E-state index contributed by atoms with van der Waals surface area (Å²) in [6, 6.07) is 6.85. The summed E-state index contributed by atoms with van der Waals surface area (Å²) in [5, 5.41) is 7.45. The van der Waals surface area contributed by atoms with E-state index in [2.05, 4.69) is 15.2 Å². The van der Waals surface area contributed by atoms with Crippen LogP contribution in [-0.2, 0) is 10.2 Å². The molecule has 0 radical (unpaired) electrons. The lowest BCUT2D eigenvalue weighted by molar-refractivity contribution is -0.124. The number of nitrogens with zero attached hydrogens (tertiary/aromatic N) is 2. The van der Waals surface area contributed by atoms with Crippen LogP contribution >= 0.6 is 0 Å². The second kappa shape index (κ2) is 5.40. The second-order valence-electron chi connectivity index (χ2n) is 6.36. The zero-order valence-corrected chi connectivity index (χ0v) is 13.0. The molecule has 1 fully saturated rings. The maximum atomic E-state index is 14.9. The molecule has 5 nitrogen and oxygen atoms in total. The van der Waals surface area contributed by atoms with Crippen molar-refractivity contribution in [2.45, 2.75) is 30.6 Å². The van der Waals surface area contributed by atoms with Crippen LogP contribution in [0.4, 0.5) is 4.39 Å². The molecular formula is C18H17FN4O. The highest BCUT2D eigenvalue weighted by Crippen LogP contribution is 2.52. The number of rotatable bonds is 3. The molecule has 24 heavy (non-hydrogen) atoms. The molecule has 2 heterocycles. The first kappa shape index (κ1) is 14.8. The van der Waals surface area contributed by atoms with Crippen LogP contribution in [0, 0.1) is 5.82 Å². The summed E-state index contributed by atoms with van der Waals surface area (Å²) in [6.07, 6.45) is 7.16. The molecule has 1 amide bonds. The van der Waals surface area contributed by atoms with Crippen molar-refractivity contribution in [3.05, 3.63) is 59.8 Å². The van der Waals surface area contributed by atoms with Crippen LogP contribution in [0.2, 0.25) is 0 Å². The first-order valence-corrected chi connectivity index (χ1v) is 7.96. The molecule has 6 heteroatoms. The molecule has 3 aromatic rings. The number of aromatic nitrogens is 3. The van der Waals surface area contributed by atoms with E-state index < -0.39 is 17.1 Å². The largest absolute Gasteiger partial charge is 0.369 e. The highest BCUT2D eigenvalue weighted by Gasteiger charge is 2.51. The minimum atomic E-state index is -1.06. The molecular weight excluding hydrogens is 307 g/mol. The van der Waals surface area contributed by atoms with Crippen molar-refractivity contribution < 1.29 is 9.18 Å². The zero-order valence-electron chi connectivity index (χ0n) is 13.0. The lowest BCUT2D eigenvalue weighted by Crippen LogP contribution is -2.44. The van der Waals surface area contributed by atoms with Crippen LogP contribution in [0.3, 0.4) is 0 Å². The second-order valence-corrected chi connectivity index (χ2v) is 6.36. The fourth-order valence-electron chi connectivity index (χ4n) is 4.10. The third-order valence-corrected chi connectivity index (χ3v) is 5.19. The molecule has 2 atom stereocenters. The summed E-state index contributed by atoms with van der Waals surface area (Å²) in [5.41, 5.74) is 6.65. The average Bonchev–Trinajstić information content (AvgIpc) is 3.21. The topological polar surface area (TPSA) is 84.7 Å². The van der Waals surface area contributed by atoms with Gasteiger partial charge >= 0.3 is 0 Å². The fraction of sp³-hybridized carbons (Fsp3) is 0.278. The van der Waals surface area contributed by atoms with E-state index >= 15 is 0 Å². The number of amides is 1. The Balaban J connectivity index is 1.94. The van der Waals surface area contributed by atoms with Gasteiger partial charge in [0.2, 0.25) is 5.91 Å². The van der Waals surface area contributed by atoms with E-state index in [0.717, 1.165) is 23.8 Å². The number of hydrogen-bond acceptors (Lipinski definition) is 3. The Kier molecular flexibility index (Phi) is 3.33. The van der Waals surface area contributed by atoms with E-state index in [0.29, 0.717) is 17.5 Å². The molecule has 0 bridgehead atoms. The van der Waals surface area contributed by atoms with Gasteiger partial charge in [0.1, 0.15) is 5.82 Å². The number of benzene rings is 1. The Bertz CT molecular complexity index is 908. The third-order valence-electron chi connectivity index (χ3n) is 5.19. The van der Waals surface area contributed by atoms with Gasteiger partial charge in [-0.1, -0.05) is 12.5 Å². The third kappa shape index (κ3) is 2.02. The molecule has 1 aliphatic carbocycles. The molecule has 0 aliphatic heterocycles.